The molecule has 0 saturated heterocycles. The zero-order chi connectivity index (χ0) is 55.1. The van der Waals surface area contributed by atoms with Gasteiger partial charge in [-0.05, 0) is 30.7 Å². The predicted octanol–water partition coefficient (Wildman–Crippen LogP) is 14.2. The first-order valence-electron chi connectivity index (χ1n) is 20.5. The second-order valence-corrected chi connectivity index (χ2v) is 16.3. The highest BCUT2D eigenvalue weighted by molar-refractivity contribution is 7.20. The van der Waals surface area contributed by atoms with Crippen LogP contribution in [-0.2, 0) is 62.4 Å². The normalized spacial score (nSPS) is 13.4. The number of rotatable bonds is 8. The molecule has 5 aromatic carbocycles. The molecule has 0 spiro atoms. The smallest absolute Gasteiger partial charge is 0.198 e. The van der Waals surface area contributed by atoms with Gasteiger partial charge in [-0.25, -0.2) is 0 Å². The minimum absolute atomic E-state index is 0.691. The summed E-state index contributed by atoms with van der Waals surface area (Å²) in [6.45, 7) is 3.19. The van der Waals surface area contributed by atoms with Crippen LogP contribution in [0.5, 0.6) is 0 Å². The van der Waals surface area contributed by atoms with Gasteiger partial charge in [0.25, 0.3) is 0 Å². The van der Waals surface area contributed by atoms with Crippen LogP contribution in [0.15, 0.2) is 128 Å². The fourth-order valence-electron chi connectivity index (χ4n) is 8.00. The fourth-order valence-corrected chi connectivity index (χ4v) is 8.00. The van der Waals surface area contributed by atoms with Crippen molar-refractivity contribution in [2.75, 3.05) is 0 Å². The molecule has 0 N–H and O–H groups in total. The molecule has 0 unspecified atom stereocenters. The zero-order valence-electron chi connectivity index (χ0n) is 36.3. The molecular weight excluding hydrogens is 1050 g/mol. The van der Waals surface area contributed by atoms with Crippen molar-refractivity contribution in [1.29, 1.82) is 0 Å². The maximum absolute atomic E-state index is 14.2. The van der Waals surface area contributed by atoms with Crippen molar-refractivity contribution in [3.63, 3.8) is 0 Å². The lowest BCUT2D eigenvalue weighted by Crippen LogP contribution is -2.75. The van der Waals surface area contributed by atoms with E-state index in [-0.39, 0.29) is 0 Å². The van der Waals surface area contributed by atoms with Gasteiger partial charge in [0, 0.05) is 24.1 Å². The number of alkyl halides is 24. The van der Waals surface area contributed by atoms with E-state index < -0.39 is 195 Å². The van der Waals surface area contributed by atoms with E-state index in [4.69, 9.17) is 0 Å². The first-order valence-corrected chi connectivity index (χ1v) is 20.5. The SMILES string of the molecule is CCCc1cccc[n+]1Cc1ccccc1.FC(F)(F)c1cc([B-](c2cc(C(F)(F)F)cc(C(F)(F)F)c2)(c2cc(C(F)(F)F)cc(C(F)(F)F)c2)c2cc(C(F)(F)F)cc(C(F)(F)F)c2)cc(C(F)(F)F)c1. The van der Waals surface area contributed by atoms with Crippen LogP contribution in [0.3, 0.4) is 0 Å². The highest BCUT2D eigenvalue weighted by Crippen LogP contribution is 2.41. The Balaban J connectivity index is 0.000000520. The maximum atomic E-state index is 14.2. The molecule has 0 aliphatic rings. The molecule has 6 rings (SSSR count). The molecule has 0 radical (unpaired) electrons. The average molecular weight is 1080 g/mol. The molecule has 6 aromatic rings. The van der Waals surface area contributed by atoms with Gasteiger partial charge in [-0.1, -0.05) is 91.9 Å². The average Bonchev–Trinajstić information content (AvgIpc) is 3.25. The van der Waals surface area contributed by atoms with Gasteiger partial charge in [0.15, 0.2) is 18.4 Å². The number of aryl methyl sites for hydroxylation is 1. The lowest BCUT2D eigenvalue weighted by atomic mass is 9.12. The van der Waals surface area contributed by atoms with Gasteiger partial charge in [-0.3, -0.25) is 0 Å². The third-order valence-electron chi connectivity index (χ3n) is 11.2. The minimum atomic E-state index is -6.13. The molecular formula is C47H30BF24N. The Labute approximate surface area is 396 Å². The number of aromatic nitrogens is 1. The van der Waals surface area contributed by atoms with Crippen molar-refractivity contribution in [2.45, 2.75) is 75.7 Å². The Bertz CT molecular complexity index is 2440. The predicted molar refractivity (Wildman–Crippen MR) is 216 cm³/mol. The van der Waals surface area contributed by atoms with Gasteiger partial charge in [0.2, 0.25) is 0 Å². The standard InChI is InChI=1S/C32H12BF24.C15H18N/c34-25(35,36)13-1-14(26(37,38)39)6-21(5-13)33(22-7-15(27(40,41)42)2-16(8-22)28(43,44)45,23-9-17(29(46,47)48)3-18(10-23)30(49,50)51)24-11-19(31(52,53)54)4-20(12-24)32(55,56)57;1-2-8-15-11-6-7-12-16(15)13-14-9-4-3-5-10-14/h1-12H;3-7,9-12H,2,8,13H2,1H3/q-1;+1. The van der Waals surface area contributed by atoms with Crippen molar-refractivity contribution in [3.8, 4) is 0 Å². The summed E-state index contributed by atoms with van der Waals surface area (Å²) in [7, 11) is 0. The van der Waals surface area contributed by atoms with Crippen molar-refractivity contribution >= 4 is 28.0 Å². The molecule has 0 aliphatic heterocycles. The molecule has 0 bridgehead atoms. The number of halogens is 24. The molecule has 394 valence electrons. The Morgan fingerprint density at radius 2 is 0.575 bits per heavy atom. The van der Waals surface area contributed by atoms with Crippen molar-refractivity contribution in [2.24, 2.45) is 0 Å². The largest absolute Gasteiger partial charge is 0.416 e. The Hall–Kier alpha value is -6.37. The van der Waals surface area contributed by atoms with E-state index in [1.807, 2.05) is 0 Å². The number of nitrogens with zero attached hydrogens (tertiary/aromatic N) is 1. The Kier molecular flexibility index (Phi) is 15.9. The summed E-state index contributed by atoms with van der Waals surface area (Å²) >= 11 is 0. The van der Waals surface area contributed by atoms with Crippen LogP contribution in [0.4, 0.5) is 105 Å². The van der Waals surface area contributed by atoms with Crippen LogP contribution in [0, 0.1) is 0 Å². The van der Waals surface area contributed by atoms with E-state index in [1.54, 1.807) is 0 Å². The summed E-state index contributed by atoms with van der Waals surface area (Å²) in [5.74, 6) is 0. The second kappa shape index (κ2) is 20.2. The van der Waals surface area contributed by atoms with Crippen LogP contribution in [0.25, 0.3) is 0 Å². The van der Waals surface area contributed by atoms with Gasteiger partial charge in [0.05, 0.1) is 44.5 Å². The van der Waals surface area contributed by atoms with Crippen molar-refractivity contribution < 1.29 is 110 Å². The molecule has 73 heavy (non-hydrogen) atoms. The molecule has 0 atom stereocenters. The quantitative estimate of drug-likeness (QED) is 0.0812. The number of hydrogen-bond acceptors (Lipinski definition) is 0. The van der Waals surface area contributed by atoms with E-state index in [0.717, 1.165) is 13.0 Å². The molecule has 1 nitrogen and oxygen atoms in total. The van der Waals surface area contributed by atoms with Crippen LogP contribution < -0.4 is 26.4 Å². The molecule has 0 saturated carbocycles. The highest BCUT2D eigenvalue weighted by atomic mass is 19.4. The second-order valence-electron chi connectivity index (χ2n) is 16.3. The minimum Gasteiger partial charge on any atom is -0.198 e. The third-order valence-corrected chi connectivity index (χ3v) is 11.2. The van der Waals surface area contributed by atoms with Crippen LogP contribution in [0.2, 0.25) is 0 Å². The van der Waals surface area contributed by atoms with Gasteiger partial charge >= 0.3 is 49.4 Å². The topological polar surface area (TPSA) is 3.88 Å². The third kappa shape index (κ3) is 13.6. The number of hydrogen-bond donors (Lipinski definition) is 0. The first-order chi connectivity index (χ1) is 33.2. The van der Waals surface area contributed by atoms with Crippen molar-refractivity contribution in [3.05, 3.63) is 183 Å². The van der Waals surface area contributed by atoms with E-state index in [0.29, 0.717) is 0 Å². The van der Waals surface area contributed by atoms with Gasteiger partial charge in [-0.15, -0.1) is 0 Å². The molecule has 0 aliphatic carbocycles. The molecule has 0 amide bonds. The van der Waals surface area contributed by atoms with Gasteiger partial charge in [0.1, 0.15) is 6.15 Å². The monoisotopic (exact) mass is 1080 g/mol. The van der Waals surface area contributed by atoms with E-state index in [9.17, 15) is 105 Å². The van der Waals surface area contributed by atoms with E-state index in [2.05, 4.69) is 66.2 Å². The summed E-state index contributed by atoms with van der Waals surface area (Å²) in [5.41, 5.74) is -27.4. The fraction of sp³-hybridized carbons (Fsp3) is 0.255. The van der Waals surface area contributed by atoms with Gasteiger partial charge < -0.3 is 0 Å². The lowest BCUT2D eigenvalue weighted by molar-refractivity contribution is -0.695. The van der Waals surface area contributed by atoms with Crippen LogP contribution >= 0.6 is 0 Å². The number of benzene rings is 5. The van der Waals surface area contributed by atoms with Crippen molar-refractivity contribution in [1.82, 2.24) is 0 Å². The molecule has 26 heteroatoms. The summed E-state index contributed by atoms with van der Waals surface area (Å²) < 4.78 is 343. The summed E-state index contributed by atoms with van der Waals surface area (Å²) in [4.78, 5) is 0. The first kappa shape index (κ1) is 57.5. The van der Waals surface area contributed by atoms with Crippen LogP contribution in [0.1, 0.15) is 69.1 Å². The van der Waals surface area contributed by atoms with Gasteiger partial charge in [-0.2, -0.15) is 132 Å². The molecule has 1 aromatic heterocycles. The Morgan fingerprint density at radius 3 is 0.808 bits per heavy atom. The highest BCUT2D eigenvalue weighted by Gasteiger charge is 2.47. The summed E-state index contributed by atoms with van der Waals surface area (Å²) in [6, 6.07) is 8.23. The molecule has 1 heterocycles. The van der Waals surface area contributed by atoms with E-state index >= 15 is 0 Å². The number of pyridine rings is 1. The summed E-state index contributed by atoms with van der Waals surface area (Å²) in [5, 5.41) is 0. The molecule has 0 fully saturated rings. The van der Waals surface area contributed by atoms with Crippen LogP contribution in [-0.4, -0.2) is 6.15 Å². The maximum Gasteiger partial charge on any atom is 0.416 e. The zero-order valence-corrected chi connectivity index (χ0v) is 36.3. The summed E-state index contributed by atoms with van der Waals surface area (Å²) in [6.07, 6.45) is -50.3. The van der Waals surface area contributed by atoms with E-state index in [1.165, 1.54) is 17.7 Å². The lowest BCUT2D eigenvalue weighted by Gasteiger charge is -2.46. The Morgan fingerprint density at radius 1 is 0.329 bits per heavy atom.